The zero-order valence-electron chi connectivity index (χ0n) is 17.9. The molecule has 1 saturated heterocycles. The minimum Gasteiger partial charge on any atom is -0.352 e. The van der Waals surface area contributed by atoms with E-state index >= 15 is 0 Å². The highest BCUT2D eigenvalue weighted by Gasteiger charge is 2.29. The van der Waals surface area contributed by atoms with Crippen molar-refractivity contribution in [1.82, 2.24) is 14.5 Å². The fourth-order valence-electron chi connectivity index (χ4n) is 3.35. The van der Waals surface area contributed by atoms with Crippen LogP contribution >= 0.6 is 11.3 Å². The molecule has 3 aromatic rings. The third kappa shape index (κ3) is 4.82. The number of aromatic nitrogens is 2. The molecule has 1 amide bonds. The highest BCUT2D eigenvalue weighted by Crippen LogP contribution is 2.25. The van der Waals surface area contributed by atoms with Crippen LogP contribution in [0.25, 0.3) is 10.6 Å². The first-order valence-electron chi connectivity index (χ1n) is 10.4. The normalized spacial score (nSPS) is 15.2. The Bertz CT molecular complexity index is 1150. The summed E-state index contributed by atoms with van der Waals surface area (Å²) in [6, 6.07) is 14.2. The standard InChI is InChI=1S/C22H25N5O3S2/c1-16(2)22(28)23-17-5-7-18(8-6-17)32(29,30)27-13-11-26(12-14-27)21-10-9-19(24-25-21)20-4-3-15-31-20/h3-10,15-16H,11-14H2,1-2H3,(H,23,28). The maximum Gasteiger partial charge on any atom is 0.243 e. The quantitative estimate of drug-likeness (QED) is 0.593. The second kappa shape index (κ2) is 9.35. The summed E-state index contributed by atoms with van der Waals surface area (Å²) >= 11 is 1.61. The first-order chi connectivity index (χ1) is 15.3. The van der Waals surface area contributed by atoms with Crippen LogP contribution in [-0.2, 0) is 14.8 Å². The van der Waals surface area contributed by atoms with Gasteiger partial charge in [-0.1, -0.05) is 19.9 Å². The van der Waals surface area contributed by atoms with Gasteiger partial charge < -0.3 is 10.2 Å². The summed E-state index contributed by atoms with van der Waals surface area (Å²) in [5.74, 6) is 0.488. The van der Waals surface area contributed by atoms with Crippen molar-refractivity contribution in [3.8, 4) is 10.6 Å². The number of anilines is 2. The lowest BCUT2D eigenvalue weighted by atomic mass is 10.2. The molecule has 0 atom stereocenters. The van der Waals surface area contributed by atoms with Gasteiger partial charge in [0.15, 0.2) is 5.82 Å². The van der Waals surface area contributed by atoms with Gasteiger partial charge >= 0.3 is 0 Å². The van der Waals surface area contributed by atoms with E-state index in [2.05, 4.69) is 15.5 Å². The molecule has 3 heterocycles. The van der Waals surface area contributed by atoms with Crippen molar-refractivity contribution in [2.45, 2.75) is 18.7 Å². The van der Waals surface area contributed by atoms with Crippen molar-refractivity contribution in [3.63, 3.8) is 0 Å². The van der Waals surface area contributed by atoms with Crippen molar-refractivity contribution in [2.24, 2.45) is 5.92 Å². The van der Waals surface area contributed by atoms with Crippen LogP contribution in [0.3, 0.4) is 0 Å². The monoisotopic (exact) mass is 471 g/mol. The van der Waals surface area contributed by atoms with E-state index in [9.17, 15) is 13.2 Å². The number of carbonyl (C=O) groups is 1. The van der Waals surface area contributed by atoms with Crippen LogP contribution in [0.15, 0.2) is 58.8 Å². The predicted molar refractivity (Wildman–Crippen MR) is 126 cm³/mol. The number of benzene rings is 1. The molecule has 1 aromatic carbocycles. The minimum absolute atomic E-state index is 0.108. The van der Waals surface area contributed by atoms with Crippen LogP contribution in [0, 0.1) is 5.92 Å². The Labute approximate surface area is 191 Å². The predicted octanol–water partition coefficient (Wildman–Crippen LogP) is 3.31. The molecule has 32 heavy (non-hydrogen) atoms. The van der Waals surface area contributed by atoms with Gasteiger partial charge in [-0.05, 0) is 47.8 Å². The van der Waals surface area contributed by atoms with E-state index in [-0.39, 0.29) is 16.7 Å². The summed E-state index contributed by atoms with van der Waals surface area (Å²) in [4.78, 5) is 15.1. The molecule has 0 aliphatic carbocycles. The SMILES string of the molecule is CC(C)C(=O)Nc1ccc(S(=O)(=O)N2CCN(c3ccc(-c4cccs4)nn3)CC2)cc1. The largest absolute Gasteiger partial charge is 0.352 e. The fraction of sp³-hybridized carbons (Fsp3) is 0.318. The van der Waals surface area contributed by atoms with Gasteiger partial charge in [0.05, 0.1) is 9.77 Å². The van der Waals surface area contributed by atoms with Gasteiger partial charge in [0, 0.05) is 37.8 Å². The molecule has 2 aromatic heterocycles. The van der Waals surface area contributed by atoms with Crippen molar-refractivity contribution < 1.29 is 13.2 Å². The van der Waals surface area contributed by atoms with Gasteiger partial charge in [0.1, 0.15) is 5.69 Å². The number of nitrogens with zero attached hydrogens (tertiary/aromatic N) is 4. The van der Waals surface area contributed by atoms with Gasteiger partial charge in [0.2, 0.25) is 15.9 Å². The highest BCUT2D eigenvalue weighted by atomic mass is 32.2. The maximum atomic E-state index is 13.0. The second-order valence-corrected chi connectivity index (χ2v) is 10.7. The van der Waals surface area contributed by atoms with E-state index in [1.165, 1.54) is 16.4 Å². The number of carbonyl (C=O) groups excluding carboxylic acids is 1. The lowest BCUT2D eigenvalue weighted by Gasteiger charge is -2.34. The molecular weight excluding hydrogens is 446 g/mol. The van der Waals surface area contributed by atoms with Crippen LogP contribution in [-0.4, -0.2) is 55.0 Å². The second-order valence-electron chi connectivity index (χ2n) is 7.81. The van der Waals surface area contributed by atoms with E-state index in [1.54, 1.807) is 37.3 Å². The molecule has 8 nitrogen and oxygen atoms in total. The number of hydrogen-bond acceptors (Lipinski definition) is 7. The Morgan fingerprint density at radius 2 is 1.72 bits per heavy atom. The van der Waals surface area contributed by atoms with Gasteiger partial charge in [-0.15, -0.1) is 21.5 Å². The molecule has 0 spiro atoms. The number of thiophene rings is 1. The van der Waals surface area contributed by atoms with Gasteiger partial charge in [-0.25, -0.2) is 8.42 Å². The number of amides is 1. The first kappa shape index (κ1) is 22.4. The average molecular weight is 472 g/mol. The van der Waals surface area contributed by atoms with Crippen LogP contribution in [0.5, 0.6) is 0 Å². The average Bonchev–Trinajstić information content (AvgIpc) is 3.35. The summed E-state index contributed by atoms with van der Waals surface area (Å²) in [5, 5.41) is 13.4. The topological polar surface area (TPSA) is 95.5 Å². The molecule has 0 bridgehead atoms. The van der Waals surface area contributed by atoms with Gasteiger partial charge in [0.25, 0.3) is 0 Å². The Hall–Kier alpha value is -2.82. The number of sulfonamides is 1. The molecule has 1 N–H and O–H groups in total. The van der Waals surface area contributed by atoms with E-state index in [0.717, 1.165) is 16.4 Å². The summed E-state index contributed by atoms with van der Waals surface area (Å²) in [6.45, 7) is 5.41. The molecule has 0 radical (unpaired) electrons. The van der Waals surface area contributed by atoms with Crippen LogP contribution in [0.4, 0.5) is 11.5 Å². The Balaban J connectivity index is 1.38. The molecule has 1 aliphatic heterocycles. The highest BCUT2D eigenvalue weighted by molar-refractivity contribution is 7.89. The van der Waals surface area contributed by atoms with Crippen molar-refractivity contribution in [2.75, 3.05) is 36.4 Å². The summed E-state index contributed by atoms with van der Waals surface area (Å²) in [5.41, 5.74) is 1.41. The van der Waals surface area contributed by atoms with E-state index in [0.29, 0.717) is 31.9 Å². The summed E-state index contributed by atoms with van der Waals surface area (Å²) in [6.07, 6.45) is 0. The summed E-state index contributed by atoms with van der Waals surface area (Å²) in [7, 11) is -3.61. The number of rotatable bonds is 6. The lowest BCUT2D eigenvalue weighted by molar-refractivity contribution is -0.118. The Morgan fingerprint density at radius 3 is 2.28 bits per heavy atom. The van der Waals surface area contributed by atoms with E-state index in [4.69, 9.17) is 0 Å². The van der Waals surface area contributed by atoms with Crippen LogP contribution in [0.1, 0.15) is 13.8 Å². The molecule has 0 saturated carbocycles. The number of nitrogens with one attached hydrogen (secondary N) is 1. The van der Waals surface area contributed by atoms with Crippen LogP contribution in [0.2, 0.25) is 0 Å². The van der Waals surface area contributed by atoms with Crippen LogP contribution < -0.4 is 10.2 Å². The molecule has 1 aliphatic rings. The zero-order valence-corrected chi connectivity index (χ0v) is 19.6. The van der Waals surface area contributed by atoms with Crippen molar-refractivity contribution in [1.29, 1.82) is 0 Å². The molecule has 10 heteroatoms. The third-order valence-corrected chi connectivity index (χ3v) is 8.08. The van der Waals surface area contributed by atoms with Crippen molar-refractivity contribution in [3.05, 3.63) is 53.9 Å². The van der Waals surface area contributed by atoms with Crippen molar-refractivity contribution >= 4 is 38.8 Å². The first-order valence-corrected chi connectivity index (χ1v) is 12.7. The molecular formula is C22H25N5O3S2. The van der Waals surface area contributed by atoms with E-state index < -0.39 is 10.0 Å². The zero-order chi connectivity index (χ0) is 22.7. The molecule has 0 unspecified atom stereocenters. The molecule has 1 fully saturated rings. The maximum absolute atomic E-state index is 13.0. The smallest absolute Gasteiger partial charge is 0.243 e. The minimum atomic E-state index is -3.61. The van der Waals surface area contributed by atoms with E-state index in [1.807, 2.05) is 34.5 Å². The Kier molecular flexibility index (Phi) is 6.54. The third-order valence-electron chi connectivity index (χ3n) is 5.27. The van der Waals surface area contributed by atoms with Gasteiger partial charge in [-0.3, -0.25) is 4.79 Å². The molecule has 168 valence electrons. The van der Waals surface area contributed by atoms with Gasteiger partial charge in [-0.2, -0.15) is 4.31 Å². The number of piperazine rings is 1. The lowest BCUT2D eigenvalue weighted by Crippen LogP contribution is -2.49. The number of hydrogen-bond donors (Lipinski definition) is 1. The molecule has 4 rings (SSSR count). The Morgan fingerprint density at radius 1 is 1.00 bits per heavy atom. The fourth-order valence-corrected chi connectivity index (χ4v) is 5.47. The summed E-state index contributed by atoms with van der Waals surface area (Å²) < 4.78 is 27.6.